The van der Waals surface area contributed by atoms with E-state index in [-0.39, 0.29) is 0 Å². The lowest BCUT2D eigenvalue weighted by Gasteiger charge is -2.28. The Kier molecular flexibility index (Phi) is 14.7. The Bertz CT molecular complexity index is 733. The first-order valence-corrected chi connectivity index (χ1v) is 11.5. The molecular weight excluding hydrogens is 464 g/mol. The SMILES string of the molecule is CC(C)[C@H](NC(=O)[C@H](C)NC(=O)[C@@H](N)CCCCN)C(=O)N[C@H](C(=O)N[C@@H](CO)C(=O)O)[C@@H](C)O. The first kappa shape index (κ1) is 32.2. The molecule has 0 spiro atoms. The highest BCUT2D eigenvalue weighted by Gasteiger charge is 2.33. The van der Waals surface area contributed by atoms with Crippen molar-refractivity contribution in [2.45, 2.75) is 83.3 Å². The Morgan fingerprint density at radius 3 is 1.80 bits per heavy atom. The van der Waals surface area contributed by atoms with Crippen LogP contribution in [0.2, 0.25) is 0 Å². The number of aliphatic hydroxyl groups is 2. The number of nitrogens with two attached hydrogens (primary N) is 2. The van der Waals surface area contributed by atoms with Crippen LogP contribution in [0.15, 0.2) is 0 Å². The fourth-order valence-electron chi connectivity index (χ4n) is 2.93. The van der Waals surface area contributed by atoms with Crippen LogP contribution in [0.25, 0.3) is 0 Å². The van der Waals surface area contributed by atoms with Gasteiger partial charge in [0.05, 0.1) is 18.8 Å². The van der Waals surface area contributed by atoms with E-state index in [9.17, 15) is 29.1 Å². The molecule has 0 radical (unpaired) electrons. The molecule has 0 aliphatic rings. The summed E-state index contributed by atoms with van der Waals surface area (Å²) in [6, 6.07) is -6.18. The fourth-order valence-corrected chi connectivity index (χ4v) is 2.93. The van der Waals surface area contributed by atoms with Crippen molar-refractivity contribution in [1.82, 2.24) is 21.3 Å². The molecule has 11 N–H and O–H groups in total. The average Bonchev–Trinajstić information content (AvgIpc) is 2.77. The quantitative estimate of drug-likeness (QED) is 0.0939. The predicted octanol–water partition coefficient (Wildman–Crippen LogP) is -3.48. The zero-order valence-corrected chi connectivity index (χ0v) is 20.6. The predicted molar refractivity (Wildman–Crippen MR) is 126 cm³/mol. The van der Waals surface area contributed by atoms with Crippen molar-refractivity contribution in [3.63, 3.8) is 0 Å². The lowest BCUT2D eigenvalue weighted by molar-refractivity contribution is -0.144. The molecule has 0 aromatic rings. The van der Waals surface area contributed by atoms with Gasteiger partial charge >= 0.3 is 5.97 Å². The van der Waals surface area contributed by atoms with Gasteiger partial charge in [-0.05, 0) is 39.2 Å². The van der Waals surface area contributed by atoms with Crippen molar-refractivity contribution < 1.29 is 39.3 Å². The zero-order chi connectivity index (χ0) is 27.3. The Morgan fingerprint density at radius 2 is 1.34 bits per heavy atom. The van der Waals surface area contributed by atoms with E-state index >= 15 is 0 Å². The fraction of sp³-hybridized carbons (Fsp3) is 0.762. The van der Waals surface area contributed by atoms with Gasteiger partial charge in [0.25, 0.3) is 0 Å². The topological polar surface area (TPSA) is 246 Å². The number of carboxylic acid groups (broad SMARTS) is 1. The summed E-state index contributed by atoms with van der Waals surface area (Å²) in [6.07, 6.45) is 0.348. The number of carbonyl (C=O) groups is 5. The van der Waals surface area contributed by atoms with Crippen molar-refractivity contribution >= 4 is 29.6 Å². The molecular formula is C21H40N6O8. The van der Waals surface area contributed by atoms with Crippen molar-refractivity contribution in [2.24, 2.45) is 17.4 Å². The number of hydrogen-bond donors (Lipinski definition) is 9. The van der Waals surface area contributed by atoms with Gasteiger partial charge in [0.1, 0.15) is 24.2 Å². The summed E-state index contributed by atoms with van der Waals surface area (Å²) in [5.74, 6) is -5.01. The van der Waals surface area contributed by atoms with E-state index in [0.717, 1.165) is 0 Å². The van der Waals surface area contributed by atoms with Crippen molar-refractivity contribution in [1.29, 1.82) is 0 Å². The van der Waals surface area contributed by atoms with Crippen LogP contribution in [0, 0.1) is 5.92 Å². The largest absolute Gasteiger partial charge is 0.480 e. The minimum absolute atomic E-state index is 0.399. The second kappa shape index (κ2) is 16.0. The second-order valence-corrected chi connectivity index (χ2v) is 8.66. The van der Waals surface area contributed by atoms with Crippen LogP contribution in [0.5, 0.6) is 0 Å². The van der Waals surface area contributed by atoms with Gasteiger partial charge in [0.15, 0.2) is 0 Å². The molecule has 0 aliphatic heterocycles. The molecule has 14 nitrogen and oxygen atoms in total. The highest BCUT2D eigenvalue weighted by atomic mass is 16.4. The third-order valence-corrected chi connectivity index (χ3v) is 5.16. The highest BCUT2D eigenvalue weighted by Crippen LogP contribution is 2.05. The van der Waals surface area contributed by atoms with Gasteiger partial charge in [-0.2, -0.15) is 0 Å². The summed E-state index contributed by atoms with van der Waals surface area (Å²) in [5.41, 5.74) is 11.2. The smallest absolute Gasteiger partial charge is 0.328 e. The number of amides is 4. The lowest BCUT2D eigenvalue weighted by atomic mass is 10.0. The van der Waals surface area contributed by atoms with E-state index in [1.54, 1.807) is 13.8 Å². The molecule has 35 heavy (non-hydrogen) atoms. The molecule has 4 amide bonds. The lowest BCUT2D eigenvalue weighted by Crippen LogP contribution is -2.61. The van der Waals surface area contributed by atoms with Crippen LogP contribution in [0.3, 0.4) is 0 Å². The Labute approximate surface area is 204 Å². The highest BCUT2D eigenvalue weighted by molar-refractivity contribution is 5.95. The van der Waals surface area contributed by atoms with Gasteiger partial charge in [-0.1, -0.05) is 20.3 Å². The molecule has 0 fully saturated rings. The molecule has 6 atom stereocenters. The molecule has 0 saturated carbocycles. The van der Waals surface area contributed by atoms with Crippen molar-refractivity contribution in [3.05, 3.63) is 0 Å². The van der Waals surface area contributed by atoms with Gasteiger partial charge in [-0.3, -0.25) is 19.2 Å². The number of unbranched alkanes of at least 4 members (excludes halogenated alkanes) is 1. The first-order chi connectivity index (χ1) is 16.3. The summed E-state index contributed by atoms with van der Waals surface area (Å²) in [5, 5.41) is 37.3. The molecule has 0 aromatic heterocycles. The van der Waals surface area contributed by atoms with Crippen LogP contribution < -0.4 is 32.7 Å². The molecule has 202 valence electrons. The van der Waals surface area contributed by atoms with Gasteiger partial charge in [-0.25, -0.2) is 4.79 Å². The minimum atomic E-state index is -1.63. The summed E-state index contributed by atoms with van der Waals surface area (Å²) >= 11 is 0. The van der Waals surface area contributed by atoms with Crippen molar-refractivity contribution in [3.8, 4) is 0 Å². The van der Waals surface area contributed by atoms with E-state index in [2.05, 4.69) is 16.0 Å². The summed E-state index contributed by atoms with van der Waals surface area (Å²) in [7, 11) is 0. The molecule has 0 aliphatic carbocycles. The standard InChI is InChI=1S/C21H40N6O8/c1-10(2)15(26-17(30)11(3)24-18(31)13(23)7-5-6-8-22)19(32)27-16(12(4)29)20(33)25-14(9-28)21(34)35/h10-16,28-29H,5-9,22-23H2,1-4H3,(H,24,31)(H,25,33)(H,26,30)(H,27,32)(H,34,35)/t11-,12+,13-,14-,15-,16-/m0/s1. The molecule has 0 aromatic carbocycles. The van der Waals surface area contributed by atoms with Crippen LogP contribution in [0.1, 0.15) is 47.0 Å². The normalized spacial score (nSPS) is 16.3. The number of carbonyl (C=O) groups excluding carboxylic acids is 4. The number of rotatable bonds is 16. The summed E-state index contributed by atoms with van der Waals surface area (Å²) in [4.78, 5) is 61.1. The molecule has 0 unspecified atom stereocenters. The summed E-state index contributed by atoms with van der Waals surface area (Å²) < 4.78 is 0. The first-order valence-electron chi connectivity index (χ1n) is 11.5. The van der Waals surface area contributed by atoms with Crippen molar-refractivity contribution in [2.75, 3.05) is 13.2 Å². The van der Waals surface area contributed by atoms with Crippen LogP contribution >= 0.6 is 0 Å². The second-order valence-electron chi connectivity index (χ2n) is 8.66. The number of aliphatic hydroxyl groups excluding tert-OH is 2. The number of nitrogens with one attached hydrogen (secondary N) is 4. The van der Waals surface area contributed by atoms with Crippen LogP contribution in [-0.2, 0) is 24.0 Å². The van der Waals surface area contributed by atoms with Gasteiger partial charge < -0.3 is 48.1 Å². The van der Waals surface area contributed by atoms with Crippen LogP contribution in [0.4, 0.5) is 0 Å². The minimum Gasteiger partial charge on any atom is -0.480 e. The molecule has 0 rings (SSSR count). The Balaban J connectivity index is 5.20. The molecule has 14 heteroatoms. The van der Waals surface area contributed by atoms with E-state index in [0.29, 0.717) is 25.8 Å². The van der Waals surface area contributed by atoms with E-state index in [1.165, 1.54) is 13.8 Å². The number of carboxylic acids is 1. The van der Waals surface area contributed by atoms with E-state index in [1.807, 2.05) is 5.32 Å². The maximum absolute atomic E-state index is 12.8. The maximum Gasteiger partial charge on any atom is 0.328 e. The zero-order valence-electron chi connectivity index (χ0n) is 20.6. The Hall–Kier alpha value is -2.81. The average molecular weight is 505 g/mol. The van der Waals surface area contributed by atoms with Gasteiger partial charge in [0.2, 0.25) is 23.6 Å². The van der Waals surface area contributed by atoms with E-state index < -0.39 is 78.4 Å². The monoisotopic (exact) mass is 504 g/mol. The van der Waals surface area contributed by atoms with Crippen LogP contribution in [-0.4, -0.2) is 94.4 Å². The summed E-state index contributed by atoms with van der Waals surface area (Å²) in [6.45, 7) is 5.46. The third kappa shape index (κ3) is 11.4. The number of hydrogen-bond acceptors (Lipinski definition) is 9. The molecule has 0 heterocycles. The van der Waals surface area contributed by atoms with E-state index in [4.69, 9.17) is 21.7 Å². The Morgan fingerprint density at radius 1 is 0.800 bits per heavy atom. The number of aliphatic carboxylic acids is 1. The van der Waals surface area contributed by atoms with Gasteiger partial charge in [-0.15, -0.1) is 0 Å². The van der Waals surface area contributed by atoms with Gasteiger partial charge in [0, 0.05) is 0 Å². The molecule has 0 bridgehead atoms. The molecule has 0 saturated heterocycles. The maximum atomic E-state index is 12.8. The third-order valence-electron chi connectivity index (χ3n) is 5.16.